The highest BCUT2D eigenvalue weighted by Crippen LogP contribution is 2.27. The molecule has 0 spiro atoms. The average Bonchev–Trinajstić information content (AvgIpc) is 3.04. The molecule has 3 aromatic carbocycles. The number of carbonyl (C=O) groups excluding carboxylic acids is 4. The topological polar surface area (TPSA) is 146 Å². The molecule has 6 atom stereocenters. The molecule has 1 fully saturated rings. The summed E-state index contributed by atoms with van der Waals surface area (Å²) in [6.07, 6.45) is -9.01. The van der Waals surface area contributed by atoms with Crippen LogP contribution in [0.1, 0.15) is 63.7 Å². The normalized spacial score (nSPS) is 24.2. The summed E-state index contributed by atoms with van der Waals surface area (Å²) < 4.78 is 22.8. The minimum atomic E-state index is -1.76. The van der Waals surface area contributed by atoms with Crippen molar-refractivity contribution in [2.75, 3.05) is 0 Å². The monoisotopic (exact) mass is 590 g/mol. The fraction of sp³-hybridized carbons (Fsp3) is 0.333. The van der Waals surface area contributed by atoms with E-state index in [4.69, 9.17) is 18.9 Å². The average molecular weight is 591 g/mol. The van der Waals surface area contributed by atoms with E-state index in [0.29, 0.717) is 6.42 Å². The van der Waals surface area contributed by atoms with Gasteiger partial charge in [-0.15, -0.1) is 0 Å². The standard InChI is InChI=1S/C33H34O10/c1-2-12-25-28(42-31(37)22-15-8-4-9-16-22)29(43-32(38)23-17-10-5-11-18-23)27(35)24(34)19-20-26(33(39)40-25)41-30(36)21-13-6-3-7-14-21/h3-11,13-18,24-29,34-35H,2,12,19-20H2,1H3. The van der Waals surface area contributed by atoms with Gasteiger partial charge < -0.3 is 29.2 Å². The molecule has 10 nitrogen and oxygen atoms in total. The number of hydrogen-bond acceptors (Lipinski definition) is 10. The summed E-state index contributed by atoms with van der Waals surface area (Å²) in [5.41, 5.74) is 0.533. The minimum absolute atomic E-state index is 0.125. The van der Waals surface area contributed by atoms with E-state index in [2.05, 4.69) is 0 Å². The minimum Gasteiger partial charge on any atom is -0.456 e. The van der Waals surface area contributed by atoms with Gasteiger partial charge in [0.15, 0.2) is 18.3 Å². The lowest BCUT2D eigenvalue weighted by Crippen LogP contribution is -2.55. The molecule has 1 aliphatic heterocycles. The quantitative estimate of drug-likeness (QED) is 0.293. The van der Waals surface area contributed by atoms with Crippen LogP contribution in [0, 0.1) is 0 Å². The third-order valence-corrected chi connectivity index (χ3v) is 7.01. The number of carbonyl (C=O) groups is 4. The summed E-state index contributed by atoms with van der Waals surface area (Å²) in [6, 6.07) is 24.0. The fourth-order valence-corrected chi connectivity index (χ4v) is 4.73. The second-order valence-corrected chi connectivity index (χ2v) is 10.1. The molecule has 6 unspecified atom stereocenters. The molecule has 0 radical (unpaired) electrons. The predicted molar refractivity (Wildman–Crippen MR) is 153 cm³/mol. The van der Waals surface area contributed by atoms with Gasteiger partial charge in [0, 0.05) is 0 Å². The molecule has 0 bridgehead atoms. The Balaban J connectivity index is 1.69. The number of benzene rings is 3. The van der Waals surface area contributed by atoms with Crippen molar-refractivity contribution in [3.05, 3.63) is 108 Å². The lowest BCUT2D eigenvalue weighted by atomic mass is 9.92. The van der Waals surface area contributed by atoms with Crippen LogP contribution in [0.15, 0.2) is 91.0 Å². The van der Waals surface area contributed by atoms with E-state index in [1.807, 2.05) is 0 Å². The lowest BCUT2D eigenvalue weighted by molar-refractivity contribution is -0.184. The molecule has 226 valence electrons. The van der Waals surface area contributed by atoms with E-state index in [1.165, 1.54) is 36.4 Å². The molecule has 0 amide bonds. The number of rotatable bonds is 8. The van der Waals surface area contributed by atoms with Crippen molar-refractivity contribution in [1.29, 1.82) is 0 Å². The van der Waals surface area contributed by atoms with Gasteiger partial charge >= 0.3 is 23.9 Å². The number of cyclic esters (lactones) is 1. The Bertz CT molecular complexity index is 1360. The van der Waals surface area contributed by atoms with Crippen molar-refractivity contribution in [2.24, 2.45) is 0 Å². The summed E-state index contributed by atoms with van der Waals surface area (Å²) in [6.45, 7) is 1.80. The third kappa shape index (κ3) is 8.27. The maximum absolute atomic E-state index is 13.4. The molecule has 0 aromatic heterocycles. The highest BCUT2D eigenvalue weighted by Gasteiger charge is 2.46. The SMILES string of the molecule is CCCC1OC(=O)C(OC(=O)c2ccccc2)CCC(O)C(O)C(OC(=O)c2ccccc2)C1OC(=O)c1ccccc1. The van der Waals surface area contributed by atoms with Gasteiger partial charge in [-0.1, -0.05) is 67.9 Å². The van der Waals surface area contributed by atoms with Crippen LogP contribution >= 0.6 is 0 Å². The van der Waals surface area contributed by atoms with Gasteiger partial charge in [-0.05, 0) is 55.7 Å². The van der Waals surface area contributed by atoms with Crippen molar-refractivity contribution in [1.82, 2.24) is 0 Å². The first kappa shape index (κ1) is 31.4. The number of aliphatic hydroxyl groups is 2. The van der Waals surface area contributed by atoms with E-state index in [9.17, 15) is 29.4 Å². The molecule has 2 N–H and O–H groups in total. The zero-order valence-corrected chi connectivity index (χ0v) is 23.6. The third-order valence-electron chi connectivity index (χ3n) is 7.01. The molecule has 4 rings (SSSR count). The van der Waals surface area contributed by atoms with Crippen LogP contribution in [0.3, 0.4) is 0 Å². The van der Waals surface area contributed by atoms with Gasteiger partial charge in [0.1, 0.15) is 12.2 Å². The second-order valence-electron chi connectivity index (χ2n) is 10.1. The maximum atomic E-state index is 13.4. The number of ether oxygens (including phenoxy) is 4. The van der Waals surface area contributed by atoms with E-state index < -0.39 is 60.5 Å². The highest BCUT2D eigenvalue weighted by atomic mass is 16.6. The van der Waals surface area contributed by atoms with E-state index in [1.54, 1.807) is 61.5 Å². The van der Waals surface area contributed by atoms with Crippen LogP contribution in [-0.4, -0.2) is 70.7 Å². The number of esters is 4. The Hall–Kier alpha value is -4.54. The fourth-order valence-electron chi connectivity index (χ4n) is 4.73. The van der Waals surface area contributed by atoms with Crippen LogP contribution in [0.25, 0.3) is 0 Å². The first-order chi connectivity index (χ1) is 20.8. The molecular weight excluding hydrogens is 556 g/mol. The van der Waals surface area contributed by atoms with Crippen molar-refractivity contribution in [3.8, 4) is 0 Å². The zero-order chi connectivity index (χ0) is 30.8. The van der Waals surface area contributed by atoms with Crippen molar-refractivity contribution in [3.63, 3.8) is 0 Å². The maximum Gasteiger partial charge on any atom is 0.347 e. The van der Waals surface area contributed by atoms with Gasteiger partial charge in [0.2, 0.25) is 0 Å². The summed E-state index contributed by atoms with van der Waals surface area (Å²) in [5.74, 6) is -3.37. The zero-order valence-electron chi connectivity index (χ0n) is 23.6. The van der Waals surface area contributed by atoms with Gasteiger partial charge in [0.05, 0.1) is 22.8 Å². The largest absolute Gasteiger partial charge is 0.456 e. The molecule has 1 heterocycles. The van der Waals surface area contributed by atoms with Crippen molar-refractivity contribution in [2.45, 2.75) is 69.2 Å². The van der Waals surface area contributed by atoms with Gasteiger partial charge in [-0.2, -0.15) is 0 Å². The summed E-state index contributed by atoms with van der Waals surface area (Å²) in [5, 5.41) is 22.4. The van der Waals surface area contributed by atoms with Crippen LogP contribution in [0.5, 0.6) is 0 Å². The summed E-state index contributed by atoms with van der Waals surface area (Å²) >= 11 is 0. The van der Waals surface area contributed by atoms with Crippen LogP contribution in [0.2, 0.25) is 0 Å². The summed E-state index contributed by atoms with van der Waals surface area (Å²) in [4.78, 5) is 52.6. The van der Waals surface area contributed by atoms with Crippen molar-refractivity contribution < 1.29 is 48.3 Å². The lowest BCUT2D eigenvalue weighted by Gasteiger charge is -2.37. The molecule has 3 aromatic rings. The van der Waals surface area contributed by atoms with E-state index >= 15 is 0 Å². The number of aliphatic hydroxyl groups excluding tert-OH is 2. The Kier molecular flexibility index (Phi) is 11.0. The Morgan fingerprint density at radius 3 is 1.60 bits per heavy atom. The Labute approximate surface area is 249 Å². The van der Waals surface area contributed by atoms with Crippen LogP contribution in [0.4, 0.5) is 0 Å². The Morgan fingerprint density at radius 2 is 1.14 bits per heavy atom. The van der Waals surface area contributed by atoms with Crippen LogP contribution in [-0.2, 0) is 23.7 Å². The second kappa shape index (κ2) is 15.1. The van der Waals surface area contributed by atoms with E-state index in [0.717, 1.165) is 0 Å². The van der Waals surface area contributed by atoms with Crippen LogP contribution < -0.4 is 0 Å². The van der Waals surface area contributed by atoms with Crippen molar-refractivity contribution >= 4 is 23.9 Å². The molecule has 0 aliphatic carbocycles. The van der Waals surface area contributed by atoms with E-state index in [-0.39, 0.29) is 36.0 Å². The highest BCUT2D eigenvalue weighted by molar-refractivity contribution is 5.92. The molecule has 0 saturated carbocycles. The summed E-state index contributed by atoms with van der Waals surface area (Å²) in [7, 11) is 0. The Morgan fingerprint density at radius 1 is 0.698 bits per heavy atom. The smallest absolute Gasteiger partial charge is 0.347 e. The molecule has 1 aliphatic rings. The first-order valence-electron chi connectivity index (χ1n) is 14.1. The molecular formula is C33H34O10. The molecule has 10 heteroatoms. The van der Waals surface area contributed by atoms with Gasteiger partial charge in [-0.25, -0.2) is 19.2 Å². The van der Waals surface area contributed by atoms with Gasteiger partial charge in [-0.3, -0.25) is 0 Å². The first-order valence-corrected chi connectivity index (χ1v) is 14.1. The molecule has 1 saturated heterocycles. The van der Waals surface area contributed by atoms with Gasteiger partial charge in [0.25, 0.3) is 0 Å². The predicted octanol–water partition coefficient (Wildman–Crippen LogP) is 3.89. The number of hydrogen-bond donors (Lipinski definition) is 2. The molecule has 43 heavy (non-hydrogen) atoms.